The predicted molar refractivity (Wildman–Crippen MR) is 75.4 cm³/mol. The number of anilines is 1. The van der Waals surface area contributed by atoms with E-state index in [-0.39, 0.29) is 0 Å². The van der Waals surface area contributed by atoms with E-state index in [4.69, 9.17) is 5.73 Å². The van der Waals surface area contributed by atoms with E-state index in [0.29, 0.717) is 5.41 Å². The van der Waals surface area contributed by atoms with Crippen LogP contribution in [0.2, 0.25) is 0 Å². The lowest BCUT2D eigenvalue weighted by Gasteiger charge is -2.57. The van der Waals surface area contributed by atoms with Crippen molar-refractivity contribution in [2.24, 2.45) is 17.8 Å². The molecule has 1 aromatic carbocycles. The molecule has 2 N–H and O–H groups in total. The molecular weight excluding hydrogens is 218 g/mol. The van der Waals surface area contributed by atoms with Crippen molar-refractivity contribution in [3.05, 3.63) is 29.3 Å². The first kappa shape index (κ1) is 10.9. The molecule has 1 aromatic rings. The van der Waals surface area contributed by atoms with Gasteiger partial charge in [-0.2, -0.15) is 0 Å². The first-order valence-electron chi connectivity index (χ1n) is 7.51. The lowest BCUT2D eigenvalue weighted by atomic mass is 9.47. The molecule has 5 rings (SSSR count). The number of aryl methyl sites for hydroxylation is 1. The van der Waals surface area contributed by atoms with Crippen molar-refractivity contribution in [2.45, 2.75) is 50.9 Å². The molecule has 0 radical (unpaired) electrons. The van der Waals surface area contributed by atoms with Gasteiger partial charge in [0, 0.05) is 5.69 Å². The van der Waals surface area contributed by atoms with E-state index in [1.54, 1.807) is 5.56 Å². The molecule has 0 aliphatic heterocycles. The zero-order chi connectivity index (χ0) is 12.3. The summed E-state index contributed by atoms with van der Waals surface area (Å²) in [6, 6.07) is 6.56. The van der Waals surface area contributed by atoms with E-state index < -0.39 is 0 Å². The quantitative estimate of drug-likeness (QED) is 0.738. The van der Waals surface area contributed by atoms with Gasteiger partial charge in [-0.25, -0.2) is 0 Å². The number of hydrogen-bond donors (Lipinski definition) is 1. The summed E-state index contributed by atoms with van der Waals surface area (Å²) in [5.74, 6) is 3.03. The molecule has 0 unspecified atom stereocenters. The number of nitrogens with two attached hydrogens (primary N) is 1. The van der Waals surface area contributed by atoms with Crippen LogP contribution in [-0.2, 0) is 5.41 Å². The minimum atomic E-state index is 0.494. The molecule has 4 bridgehead atoms. The van der Waals surface area contributed by atoms with Crippen LogP contribution in [0.15, 0.2) is 18.2 Å². The Labute approximate surface area is 110 Å². The summed E-state index contributed by atoms with van der Waals surface area (Å²) in [6.07, 6.45) is 8.84. The zero-order valence-electron chi connectivity index (χ0n) is 11.3. The van der Waals surface area contributed by atoms with Gasteiger partial charge in [-0.1, -0.05) is 6.07 Å². The number of nitrogen functional groups attached to an aromatic ring is 1. The van der Waals surface area contributed by atoms with Gasteiger partial charge >= 0.3 is 0 Å². The monoisotopic (exact) mass is 241 g/mol. The Morgan fingerprint density at radius 2 is 1.56 bits per heavy atom. The molecule has 4 fully saturated rings. The standard InChI is InChI=1S/C17H23N/c1-11-2-3-15(18)7-16(11)17-8-12-4-13(9-17)6-14(5-12)10-17/h2-3,7,12-14H,4-6,8-10,18H2,1H3. The summed E-state index contributed by atoms with van der Waals surface area (Å²) in [5, 5.41) is 0. The highest BCUT2D eigenvalue weighted by Gasteiger charge is 2.51. The molecule has 4 saturated carbocycles. The summed E-state index contributed by atoms with van der Waals surface area (Å²) in [7, 11) is 0. The first-order chi connectivity index (χ1) is 8.64. The Morgan fingerprint density at radius 3 is 2.11 bits per heavy atom. The fourth-order valence-electron chi connectivity index (χ4n) is 5.65. The summed E-state index contributed by atoms with van der Waals surface area (Å²) >= 11 is 0. The van der Waals surface area contributed by atoms with Crippen molar-refractivity contribution < 1.29 is 0 Å². The third-order valence-electron chi connectivity index (χ3n) is 5.87. The molecule has 1 nitrogen and oxygen atoms in total. The molecule has 4 aliphatic carbocycles. The van der Waals surface area contributed by atoms with Gasteiger partial charge in [0.1, 0.15) is 0 Å². The molecular formula is C17H23N. The summed E-state index contributed by atoms with van der Waals surface area (Å²) in [6.45, 7) is 2.27. The molecule has 0 aromatic heterocycles. The van der Waals surface area contributed by atoms with Gasteiger partial charge in [-0.05, 0) is 91.9 Å². The van der Waals surface area contributed by atoms with Crippen LogP contribution in [0.4, 0.5) is 5.69 Å². The van der Waals surface area contributed by atoms with Crippen LogP contribution >= 0.6 is 0 Å². The van der Waals surface area contributed by atoms with Crippen LogP contribution in [0.3, 0.4) is 0 Å². The van der Waals surface area contributed by atoms with Gasteiger partial charge < -0.3 is 5.73 Å². The summed E-state index contributed by atoms with van der Waals surface area (Å²) in [5.41, 5.74) is 10.5. The van der Waals surface area contributed by atoms with Crippen LogP contribution in [0.25, 0.3) is 0 Å². The van der Waals surface area contributed by atoms with Crippen LogP contribution in [0, 0.1) is 24.7 Å². The molecule has 18 heavy (non-hydrogen) atoms. The Balaban J connectivity index is 1.81. The largest absolute Gasteiger partial charge is 0.399 e. The SMILES string of the molecule is Cc1ccc(N)cc1C12CC3CC(CC(C3)C1)C2. The van der Waals surface area contributed by atoms with E-state index in [9.17, 15) is 0 Å². The molecule has 4 aliphatic rings. The molecule has 96 valence electrons. The third kappa shape index (κ3) is 1.46. The molecule has 1 heteroatoms. The van der Waals surface area contributed by atoms with Crippen molar-refractivity contribution >= 4 is 5.69 Å². The highest BCUT2D eigenvalue weighted by Crippen LogP contribution is 2.61. The van der Waals surface area contributed by atoms with Gasteiger partial charge in [0.05, 0.1) is 0 Å². The number of rotatable bonds is 1. The Hall–Kier alpha value is -0.980. The first-order valence-corrected chi connectivity index (χ1v) is 7.51. The maximum atomic E-state index is 6.05. The summed E-state index contributed by atoms with van der Waals surface area (Å²) in [4.78, 5) is 0. The average Bonchev–Trinajstić information content (AvgIpc) is 2.30. The molecule has 0 spiro atoms. The minimum absolute atomic E-state index is 0.494. The van der Waals surface area contributed by atoms with Crippen molar-refractivity contribution in [2.75, 3.05) is 5.73 Å². The maximum absolute atomic E-state index is 6.05. The lowest BCUT2D eigenvalue weighted by Crippen LogP contribution is -2.48. The minimum Gasteiger partial charge on any atom is -0.399 e. The second-order valence-electron chi connectivity index (χ2n) is 7.27. The predicted octanol–water partition coefficient (Wildman–Crippen LogP) is 4.05. The highest BCUT2D eigenvalue weighted by atomic mass is 14.6. The van der Waals surface area contributed by atoms with Crippen LogP contribution in [-0.4, -0.2) is 0 Å². The fraction of sp³-hybridized carbons (Fsp3) is 0.647. The fourth-order valence-corrected chi connectivity index (χ4v) is 5.65. The number of hydrogen-bond acceptors (Lipinski definition) is 1. The second-order valence-corrected chi connectivity index (χ2v) is 7.27. The molecule has 0 saturated heterocycles. The van der Waals surface area contributed by atoms with Crippen molar-refractivity contribution in [1.82, 2.24) is 0 Å². The zero-order valence-corrected chi connectivity index (χ0v) is 11.3. The Morgan fingerprint density at radius 1 is 1.00 bits per heavy atom. The Kier molecular flexibility index (Phi) is 2.13. The third-order valence-corrected chi connectivity index (χ3v) is 5.87. The average molecular weight is 241 g/mol. The van der Waals surface area contributed by atoms with Gasteiger partial charge in [0.2, 0.25) is 0 Å². The van der Waals surface area contributed by atoms with Crippen molar-refractivity contribution in [3.63, 3.8) is 0 Å². The van der Waals surface area contributed by atoms with Gasteiger partial charge in [-0.3, -0.25) is 0 Å². The van der Waals surface area contributed by atoms with Crippen LogP contribution < -0.4 is 5.73 Å². The van der Waals surface area contributed by atoms with E-state index in [2.05, 4.69) is 25.1 Å². The van der Waals surface area contributed by atoms with Crippen LogP contribution in [0.5, 0.6) is 0 Å². The maximum Gasteiger partial charge on any atom is 0.0317 e. The van der Waals surface area contributed by atoms with Gasteiger partial charge in [0.15, 0.2) is 0 Å². The Bertz CT molecular complexity index is 453. The van der Waals surface area contributed by atoms with Gasteiger partial charge in [-0.15, -0.1) is 0 Å². The summed E-state index contributed by atoms with van der Waals surface area (Å²) < 4.78 is 0. The van der Waals surface area contributed by atoms with E-state index in [1.165, 1.54) is 44.1 Å². The van der Waals surface area contributed by atoms with E-state index >= 15 is 0 Å². The van der Waals surface area contributed by atoms with Gasteiger partial charge in [0.25, 0.3) is 0 Å². The topological polar surface area (TPSA) is 26.0 Å². The molecule has 0 heterocycles. The normalized spacial score (nSPS) is 41.3. The smallest absolute Gasteiger partial charge is 0.0317 e. The lowest BCUT2D eigenvalue weighted by molar-refractivity contribution is -0.00543. The molecule has 0 atom stereocenters. The van der Waals surface area contributed by atoms with Crippen molar-refractivity contribution in [1.29, 1.82) is 0 Å². The van der Waals surface area contributed by atoms with E-state index in [1.807, 2.05) is 0 Å². The second kappa shape index (κ2) is 3.53. The molecule has 0 amide bonds. The number of benzene rings is 1. The van der Waals surface area contributed by atoms with Crippen molar-refractivity contribution in [3.8, 4) is 0 Å². The highest BCUT2D eigenvalue weighted by molar-refractivity contribution is 5.48. The van der Waals surface area contributed by atoms with E-state index in [0.717, 1.165) is 23.4 Å². The van der Waals surface area contributed by atoms with Crippen LogP contribution in [0.1, 0.15) is 49.7 Å².